The molecule has 0 radical (unpaired) electrons. The first-order chi connectivity index (χ1) is 9.13. The van der Waals surface area contributed by atoms with Gasteiger partial charge >= 0.3 is 0 Å². The lowest BCUT2D eigenvalue weighted by atomic mass is 10.1. The zero-order valence-corrected chi connectivity index (χ0v) is 10.3. The highest BCUT2D eigenvalue weighted by Crippen LogP contribution is 2.29. The molecule has 2 N–H and O–H groups in total. The summed E-state index contributed by atoms with van der Waals surface area (Å²) in [6, 6.07) is 6.74. The maximum absolute atomic E-state index is 12.3. The van der Waals surface area contributed by atoms with Gasteiger partial charge in [0.15, 0.2) is 5.82 Å². The number of aromatic nitrogens is 2. The molecule has 0 atom stereocenters. The Morgan fingerprint density at radius 2 is 1.74 bits per heavy atom. The summed E-state index contributed by atoms with van der Waals surface area (Å²) in [5.74, 6) is -0.390. The molecule has 2 aromatic rings. The topological polar surface area (TPSA) is 81.2 Å². The Balaban J connectivity index is 2.14. The maximum Gasteiger partial charge on any atom is 0.267 e. The second-order valence-electron chi connectivity index (χ2n) is 4.35. The summed E-state index contributed by atoms with van der Waals surface area (Å²) in [5.41, 5.74) is 7.10. The Morgan fingerprint density at radius 1 is 1.16 bits per heavy atom. The highest BCUT2D eigenvalue weighted by molar-refractivity contribution is 6.34. The summed E-state index contributed by atoms with van der Waals surface area (Å²) in [7, 11) is 1.72. The largest absolute Gasteiger partial charge is 0.326 e. The normalized spacial score (nSPS) is 14.1. The molecular weight excluding hydrogens is 244 g/mol. The molecule has 3 rings (SSSR count). The van der Waals surface area contributed by atoms with Gasteiger partial charge in [-0.25, -0.2) is 4.90 Å². The molecule has 0 spiro atoms. The van der Waals surface area contributed by atoms with Crippen LogP contribution >= 0.6 is 0 Å². The van der Waals surface area contributed by atoms with Gasteiger partial charge in [-0.3, -0.25) is 14.3 Å². The molecule has 96 valence electrons. The van der Waals surface area contributed by atoms with Crippen LogP contribution in [0.1, 0.15) is 26.3 Å². The van der Waals surface area contributed by atoms with E-state index in [0.29, 0.717) is 22.5 Å². The predicted octanol–water partition coefficient (Wildman–Crippen LogP) is 0.679. The van der Waals surface area contributed by atoms with E-state index in [4.69, 9.17) is 5.73 Å². The molecule has 6 heteroatoms. The molecule has 6 nitrogen and oxygen atoms in total. The van der Waals surface area contributed by atoms with Crippen molar-refractivity contribution in [1.82, 2.24) is 9.78 Å². The van der Waals surface area contributed by atoms with Gasteiger partial charge in [-0.1, -0.05) is 12.1 Å². The van der Waals surface area contributed by atoms with Crippen molar-refractivity contribution in [3.8, 4) is 0 Å². The number of benzene rings is 1. The predicted molar refractivity (Wildman–Crippen MR) is 68.7 cm³/mol. The second kappa shape index (κ2) is 4.03. The van der Waals surface area contributed by atoms with Crippen LogP contribution in [-0.2, 0) is 13.6 Å². The molecule has 1 aliphatic heterocycles. The molecular formula is C13H12N4O2. The second-order valence-corrected chi connectivity index (χ2v) is 4.35. The number of anilines is 1. The van der Waals surface area contributed by atoms with E-state index in [0.717, 1.165) is 4.90 Å². The number of nitrogens with zero attached hydrogens (tertiary/aromatic N) is 3. The zero-order chi connectivity index (χ0) is 13.6. The van der Waals surface area contributed by atoms with Gasteiger partial charge in [0, 0.05) is 25.4 Å². The Hall–Kier alpha value is -2.47. The zero-order valence-electron chi connectivity index (χ0n) is 10.3. The minimum Gasteiger partial charge on any atom is -0.326 e. The molecule has 0 unspecified atom stereocenters. The number of nitrogens with two attached hydrogens (primary N) is 1. The summed E-state index contributed by atoms with van der Waals surface area (Å²) in [6.45, 7) is 0.219. The van der Waals surface area contributed by atoms with E-state index in [1.165, 1.54) is 0 Å². The number of rotatable bonds is 2. The number of carbonyl (C=O) groups is 2. The Morgan fingerprint density at radius 3 is 2.26 bits per heavy atom. The molecule has 0 bridgehead atoms. The molecule has 2 amide bonds. The standard InChI is InChI=1S/C13H12N4O2/c1-16-7-8(6-14)11(15-16)17-12(18)9-4-2-3-5-10(9)13(17)19/h2-5,7H,6,14H2,1H3. The smallest absolute Gasteiger partial charge is 0.267 e. The van der Waals surface area contributed by atoms with E-state index in [9.17, 15) is 9.59 Å². The van der Waals surface area contributed by atoms with Crippen molar-refractivity contribution in [3.05, 3.63) is 47.2 Å². The number of amides is 2. The van der Waals surface area contributed by atoms with E-state index >= 15 is 0 Å². The van der Waals surface area contributed by atoms with Gasteiger partial charge < -0.3 is 5.73 Å². The fraction of sp³-hybridized carbons (Fsp3) is 0.154. The monoisotopic (exact) mass is 256 g/mol. The van der Waals surface area contributed by atoms with Crippen LogP contribution in [0.2, 0.25) is 0 Å². The fourth-order valence-corrected chi connectivity index (χ4v) is 2.24. The number of hydrogen-bond donors (Lipinski definition) is 1. The highest BCUT2D eigenvalue weighted by atomic mass is 16.2. The molecule has 1 aliphatic rings. The Bertz CT molecular complexity index is 655. The summed E-state index contributed by atoms with van der Waals surface area (Å²) in [6.07, 6.45) is 1.71. The molecule has 0 fully saturated rings. The lowest BCUT2D eigenvalue weighted by molar-refractivity contribution is 0.0924. The van der Waals surface area contributed by atoms with Crippen LogP contribution in [0.25, 0.3) is 0 Å². The average Bonchev–Trinajstić information content (AvgIpc) is 2.90. The van der Waals surface area contributed by atoms with Crippen LogP contribution < -0.4 is 10.6 Å². The summed E-state index contributed by atoms with van der Waals surface area (Å²) >= 11 is 0. The third kappa shape index (κ3) is 1.57. The number of imide groups is 1. The van der Waals surface area contributed by atoms with E-state index in [-0.39, 0.29) is 18.4 Å². The van der Waals surface area contributed by atoms with E-state index in [1.54, 1.807) is 42.2 Å². The van der Waals surface area contributed by atoms with Crippen LogP contribution in [0, 0.1) is 0 Å². The van der Waals surface area contributed by atoms with Crippen molar-refractivity contribution in [2.24, 2.45) is 12.8 Å². The van der Waals surface area contributed by atoms with Crippen LogP contribution in [-0.4, -0.2) is 21.6 Å². The third-order valence-corrected chi connectivity index (χ3v) is 3.11. The first-order valence-corrected chi connectivity index (χ1v) is 5.84. The number of carbonyl (C=O) groups excluding carboxylic acids is 2. The Kier molecular flexibility index (Phi) is 2.46. The van der Waals surface area contributed by atoms with Crippen LogP contribution in [0.15, 0.2) is 30.5 Å². The highest BCUT2D eigenvalue weighted by Gasteiger charge is 2.38. The maximum atomic E-state index is 12.3. The first-order valence-electron chi connectivity index (χ1n) is 5.84. The van der Waals surface area contributed by atoms with E-state index in [1.807, 2.05) is 0 Å². The average molecular weight is 256 g/mol. The molecule has 0 saturated carbocycles. The molecule has 1 aromatic heterocycles. The van der Waals surface area contributed by atoms with Crippen molar-refractivity contribution in [1.29, 1.82) is 0 Å². The number of fused-ring (bicyclic) bond motifs is 1. The molecule has 0 saturated heterocycles. The minimum absolute atomic E-state index is 0.219. The van der Waals surface area contributed by atoms with Gasteiger partial charge in [0.1, 0.15) is 0 Å². The summed E-state index contributed by atoms with van der Waals surface area (Å²) < 4.78 is 1.54. The lowest BCUT2D eigenvalue weighted by Crippen LogP contribution is -2.31. The van der Waals surface area contributed by atoms with Crippen LogP contribution in [0.4, 0.5) is 5.82 Å². The van der Waals surface area contributed by atoms with Gasteiger partial charge in [0.2, 0.25) is 0 Å². The van der Waals surface area contributed by atoms with Crippen molar-refractivity contribution >= 4 is 17.6 Å². The van der Waals surface area contributed by atoms with Crippen molar-refractivity contribution < 1.29 is 9.59 Å². The van der Waals surface area contributed by atoms with Gasteiger partial charge in [0.25, 0.3) is 11.8 Å². The van der Waals surface area contributed by atoms with E-state index in [2.05, 4.69) is 5.10 Å². The number of aryl methyl sites for hydroxylation is 1. The Labute approximate surface area is 109 Å². The van der Waals surface area contributed by atoms with Gasteiger partial charge in [-0.15, -0.1) is 0 Å². The van der Waals surface area contributed by atoms with Crippen molar-refractivity contribution in [2.45, 2.75) is 6.54 Å². The molecule has 19 heavy (non-hydrogen) atoms. The third-order valence-electron chi connectivity index (χ3n) is 3.11. The van der Waals surface area contributed by atoms with Crippen molar-refractivity contribution in [3.63, 3.8) is 0 Å². The van der Waals surface area contributed by atoms with Crippen molar-refractivity contribution in [2.75, 3.05) is 4.90 Å². The number of hydrogen-bond acceptors (Lipinski definition) is 4. The fourth-order valence-electron chi connectivity index (χ4n) is 2.24. The SMILES string of the molecule is Cn1cc(CN)c(N2C(=O)c3ccccc3C2=O)n1. The molecule has 2 heterocycles. The molecule has 0 aliphatic carbocycles. The summed E-state index contributed by atoms with van der Waals surface area (Å²) in [4.78, 5) is 25.7. The van der Waals surface area contributed by atoms with Gasteiger partial charge in [-0.05, 0) is 12.1 Å². The summed E-state index contributed by atoms with van der Waals surface area (Å²) in [5, 5.41) is 4.17. The van der Waals surface area contributed by atoms with Crippen LogP contribution in [0.3, 0.4) is 0 Å². The van der Waals surface area contributed by atoms with Gasteiger partial charge in [-0.2, -0.15) is 5.10 Å². The van der Waals surface area contributed by atoms with Crippen LogP contribution in [0.5, 0.6) is 0 Å². The minimum atomic E-state index is -0.353. The van der Waals surface area contributed by atoms with E-state index < -0.39 is 0 Å². The molecule has 1 aromatic carbocycles. The lowest BCUT2D eigenvalue weighted by Gasteiger charge is -2.11. The quantitative estimate of drug-likeness (QED) is 0.801. The first kappa shape index (κ1) is 11.6. The van der Waals surface area contributed by atoms with Gasteiger partial charge in [0.05, 0.1) is 11.1 Å².